The minimum absolute atomic E-state index is 0.151. The van der Waals surface area contributed by atoms with Crippen LogP contribution < -0.4 is 16.0 Å². The summed E-state index contributed by atoms with van der Waals surface area (Å²) in [5.41, 5.74) is 2.36. The molecule has 112 valence electrons. The largest absolute Gasteiger partial charge is 0.308 e. The van der Waals surface area contributed by atoms with Crippen molar-refractivity contribution in [3.63, 3.8) is 0 Å². The van der Waals surface area contributed by atoms with Crippen LogP contribution >= 0.6 is 0 Å². The van der Waals surface area contributed by atoms with Gasteiger partial charge in [-0.1, -0.05) is 6.92 Å². The molecule has 0 aliphatic carbocycles. The molecule has 0 radical (unpaired) electrons. The highest BCUT2D eigenvalue weighted by atomic mass is 32.2. The van der Waals surface area contributed by atoms with Crippen molar-refractivity contribution in [3.8, 4) is 0 Å². The number of nitrogens with zero attached hydrogens (tertiary/aromatic N) is 2. The monoisotopic (exact) mass is 299 g/mol. The molecule has 20 heavy (non-hydrogen) atoms. The summed E-state index contributed by atoms with van der Waals surface area (Å²) in [4.78, 5) is 6.35. The molecule has 1 saturated heterocycles. The third-order valence-corrected chi connectivity index (χ3v) is 5.02. The summed E-state index contributed by atoms with van der Waals surface area (Å²) >= 11 is 0. The minimum atomic E-state index is -3.51. The summed E-state index contributed by atoms with van der Waals surface area (Å²) < 4.78 is 27.0. The Labute approximate surface area is 119 Å². The van der Waals surface area contributed by atoms with Crippen LogP contribution in [0, 0.1) is 0 Å². The van der Waals surface area contributed by atoms with E-state index >= 15 is 0 Å². The zero-order valence-electron chi connectivity index (χ0n) is 11.5. The van der Waals surface area contributed by atoms with Gasteiger partial charge in [-0.15, -0.1) is 0 Å². The molecule has 4 N–H and O–H groups in total. The molecule has 0 saturated carbocycles. The Bertz CT molecular complexity index is 531. The normalized spacial score (nSPS) is 20.2. The van der Waals surface area contributed by atoms with Crippen molar-refractivity contribution in [2.45, 2.75) is 30.7 Å². The lowest BCUT2D eigenvalue weighted by molar-refractivity contribution is 0.268. The second-order valence-corrected chi connectivity index (χ2v) is 6.57. The third kappa shape index (κ3) is 3.45. The first-order valence-corrected chi connectivity index (χ1v) is 8.21. The van der Waals surface area contributed by atoms with Crippen LogP contribution in [0.1, 0.15) is 19.8 Å². The van der Waals surface area contributed by atoms with E-state index in [2.05, 4.69) is 27.0 Å². The molecule has 1 aliphatic heterocycles. The molecule has 0 aromatic carbocycles. The number of sulfonamides is 1. The molecular formula is C12H21N5O2S. The van der Waals surface area contributed by atoms with E-state index in [0.717, 1.165) is 25.9 Å². The molecule has 8 heteroatoms. The predicted octanol–water partition coefficient (Wildman–Crippen LogP) is 0.130. The van der Waals surface area contributed by atoms with Crippen molar-refractivity contribution >= 4 is 15.8 Å². The Balaban J connectivity index is 1.99. The topological polar surface area (TPSA) is 100 Å². The first-order valence-electron chi connectivity index (χ1n) is 6.73. The van der Waals surface area contributed by atoms with Crippen molar-refractivity contribution in [2.75, 3.05) is 25.1 Å². The summed E-state index contributed by atoms with van der Waals surface area (Å²) in [5, 5.41) is 0. The molecular weight excluding hydrogens is 278 g/mol. The van der Waals surface area contributed by atoms with Gasteiger partial charge >= 0.3 is 0 Å². The number of nitrogen functional groups attached to an aromatic ring is 1. The van der Waals surface area contributed by atoms with E-state index in [1.54, 1.807) is 0 Å². The third-order valence-electron chi connectivity index (χ3n) is 3.61. The van der Waals surface area contributed by atoms with E-state index in [1.807, 2.05) is 0 Å². The number of likely N-dealkylation sites (N-methyl/N-ethyl adjacent to an activating group) is 1. The molecule has 1 unspecified atom stereocenters. The highest BCUT2D eigenvalue weighted by Gasteiger charge is 2.25. The number of pyridine rings is 1. The summed E-state index contributed by atoms with van der Waals surface area (Å²) in [7, 11) is -3.51. The van der Waals surface area contributed by atoms with Gasteiger partial charge in [-0.05, 0) is 38.1 Å². The first kappa shape index (κ1) is 15.2. The van der Waals surface area contributed by atoms with E-state index in [-0.39, 0.29) is 10.9 Å². The molecule has 1 aromatic rings. The molecule has 0 amide bonds. The number of nitrogens with one attached hydrogen (secondary N) is 2. The van der Waals surface area contributed by atoms with Gasteiger partial charge in [0.05, 0.1) is 0 Å². The number of likely N-dealkylation sites (tertiary alicyclic amines) is 1. The number of hydrogen-bond acceptors (Lipinski definition) is 6. The van der Waals surface area contributed by atoms with Crippen molar-refractivity contribution in [1.82, 2.24) is 14.6 Å². The van der Waals surface area contributed by atoms with E-state index in [1.165, 1.54) is 18.3 Å². The molecule has 2 heterocycles. The lowest BCUT2D eigenvalue weighted by Crippen LogP contribution is -2.40. The second-order valence-electron chi connectivity index (χ2n) is 4.80. The highest BCUT2D eigenvalue weighted by molar-refractivity contribution is 7.89. The lowest BCUT2D eigenvalue weighted by Gasteiger charge is -2.22. The van der Waals surface area contributed by atoms with Crippen LogP contribution in [0.15, 0.2) is 23.2 Å². The fraction of sp³-hybridized carbons (Fsp3) is 0.583. The van der Waals surface area contributed by atoms with Crippen LogP contribution in [0.5, 0.6) is 0 Å². The van der Waals surface area contributed by atoms with Crippen LogP contribution in [0.4, 0.5) is 5.82 Å². The van der Waals surface area contributed by atoms with Gasteiger partial charge < -0.3 is 5.43 Å². The maximum absolute atomic E-state index is 12.2. The van der Waals surface area contributed by atoms with Gasteiger partial charge in [-0.25, -0.2) is 24.0 Å². The molecule has 0 bridgehead atoms. The number of rotatable bonds is 6. The molecule has 2 rings (SSSR count). The second kappa shape index (κ2) is 6.49. The average molecular weight is 299 g/mol. The Morgan fingerprint density at radius 2 is 2.30 bits per heavy atom. The van der Waals surface area contributed by atoms with E-state index in [9.17, 15) is 8.42 Å². The fourth-order valence-corrected chi connectivity index (χ4v) is 3.47. The summed E-state index contributed by atoms with van der Waals surface area (Å²) in [5.74, 6) is 5.63. The quantitative estimate of drug-likeness (QED) is 0.510. The van der Waals surface area contributed by atoms with Crippen LogP contribution in [0.25, 0.3) is 0 Å². The van der Waals surface area contributed by atoms with Gasteiger partial charge in [0.25, 0.3) is 0 Å². The average Bonchev–Trinajstić information content (AvgIpc) is 2.93. The molecule has 1 aromatic heterocycles. The molecule has 1 aliphatic rings. The number of hydrazine groups is 1. The summed E-state index contributed by atoms with van der Waals surface area (Å²) in [6.07, 6.45) is 3.45. The lowest BCUT2D eigenvalue weighted by atomic mass is 10.2. The number of anilines is 1. The van der Waals surface area contributed by atoms with Gasteiger partial charge in [0, 0.05) is 18.8 Å². The first-order chi connectivity index (χ1) is 9.56. The molecule has 7 nitrogen and oxygen atoms in total. The highest BCUT2D eigenvalue weighted by Crippen LogP contribution is 2.17. The minimum Gasteiger partial charge on any atom is -0.308 e. The van der Waals surface area contributed by atoms with Crippen molar-refractivity contribution < 1.29 is 8.42 Å². The molecule has 1 fully saturated rings. The number of nitrogens with two attached hydrogens (primary N) is 1. The Morgan fingerprint density at radius 1 is 1.50 bits per heavy atom. The number of aromatic nitrogens is 1. The smallest absolute Gasteiger partial charge is 0.242 e. The van der Waals surface area contributed by atoms with Crippen LogP contribution in [-0.2, 0) is 10.0 Å². The Kier molecular flexibility index (Phi) is 4.92. The molecule has 0 spiro atoms. The maximum atomic E-state index is 12.2. The van der Waals surface area contributed by atoms with Gasteiger partial charge in [0.15, 0.2) is 0 Å². The van der Waals surface area contributed by atoms with Crippen LogP contribution in [0.3, 0.4) is 0 Å². The van der Waals surface area contributed by atoms with Crippen molar-refractivity contribution in [1.29, 1.82) is 0 Å². The predicted molar refractivity (Wildman–Crippen MR) is 77.5 cm³/mol. The standard InChI is InChI=1S/C12H21N5O2S/c1-2-17-7-3-4-10(17)8-15-20(18,19)11-5-6-12(16-13)14-9-11/h5-6,9-10,15H,2-4,7-8,13H2,1H3,(H,14,16). The Morgan fingerprint density at radius 3 is 2.90 bits per heavy atom. The SMILES string of the molecule is CCN1CCCC1CNS(=O)(=O)c1ccc(NN)nc1. The maximum Gasteiger partial charge on any atom is 0.242 e. The summed E-state index contributed by atoms with van der Waals surface area (Å²) in [6.45, 7) is 4.52. The van der Waals surface area contributed by atoms with Crippen LogP contribution in [-0.4, -0.2) is 44.0 Å². The van der Waals surface area contributed by atoms with Gasteiger partial charge in [0.2, 0.25) is 10.0 Å². The number of hydrogen-bond donors (Lipinski definition) is 3. The van der Waals surface area contributed by atoms with Crippen LogP contribution in [0.2, 0.25) is 0 Å². The fourth-order valence-electron chi connectivity index (χ4n) is 2.46. The molecule has 1 atom stereocenters. The zero-order valence-corrected chi connectivity index (χ0v) is 12.4. The van der Waals surface area contributed by atoms with Crippen molar-refractivity contribution in [2.24, 2.45) is 5.84 Å². The van der Waals surface area contributed by atoms with Gasteiger partial charge in [-0.2, -0.15) is 0 Å². The van der Waals surface area contributed by atoms with E-state index < -0.39 is 10.0 Å². The Hall–Kier alpha value is -1.22. The van der Waals surface area contributed by atoms with Crippen molar-refractivity contribution in [3.05, 3.63) is 18.3 Å². The van der Waals surface area contributed by atoms with E-state index in [0.29, 0.717) is 12.4 Å². The van der Waals surface area contributed by atoms with E-state index in [4.69, 9.17) is 5.84 Å². The zero-order chi connectivity index (χ0) is 14.6. The van der Waals surface area contributed by atoms with Gasteiger partial charge in [-0.3, -0.25) is 4.90 Å². The summed E-state index contributed by atoms with van der Waals surface area (Å²) in [6, 6.07) is 3.30. The van der Waals surface area contributed by atoms with Gasteiger partial charge in [0.1, 0.15) is 10.7 Å².